The Morgan fingerprint density at radius 3 is 2.33 bits per heavy atom. The van der Waals surface area contributed by atoms with Crippen LogP contribution in [0.2, 0.25) is 0 Å². The number of rotatable bonds is 6. The Bertz CT molecular complexity index is 933. The van der Waals surface area contributed by atoms with Gasteiger partial charge in [-0.3, -0.25) is 9.13 Å². The van der Waals surface area contributed by atoms with Crippen LogP contribution in [-0.2, 0) is 0 Å². The molecule has 2 saturated carbocycles. The highest BCUT2D eigenvalue weighted by Gasteiger charge is 2.50. The molecular weight excluding hydrogens is 378 g/mol. The number of likely N-dealkylation sites (tertiary alicyclic amines) is 1. The molecule has 1 atom stereocenters. The number of imidazole rings is 1. The molecule has 1 aromatic heterocycles. The summed E-state index contributed by atoms with van der Waals surface area (Å²) < 4.78 is 3.51. The van der Waals surface area contributed by atoms with Crippen LogP contribution >= 0.6 is 0 Å². The van der Waals surface area contributed by atoms with E-state index in [0.29, 0.717) is 5.41 Å². The van der Waals surface area contributed by atoms with Crippen LogP contribution < -0.4 is 5.69 Å². The van der Waals surface area contributed by atoms with E-state index in [-0.39, 0.29) is 24.9 Å². The molecule has 3 fully saturated rings. The van der Waals surface area contributed by atoms with Crippen molar-refractivity contribution < 1.29 is 10.2 Å². The number of aliphatic hydroxyl groups excluding tert-OH is 2. The van der Waals surface area contributed by atoms with Gasteiger partial charge < -0.3 is 15.1 Å². The topological polar surface area (TPSA) is 70.6 Å². The molecule has 0 radical (unpaired) electrons. The lowest BCUT2D eigenvalue weighted by Crippen LogP contribution is -2.42. The minimum absolute atomic E-state index is 0.105. The second-order valence-electron chi connectivity index (χ2n) is 9.87. The van der Waals surface area contributed by atoms with Gasteiger partial charge in [0.25, 0.3) is 0 Å². The van der Waals surface area contributed by atoms with Crippen LogP contribution in [0.5, 0.6) is 0 Å². The third-order valence-corrected chi connectivity index (χ3v) is 8.24. The van der Waals surface area contributed by atoms with E-state index in [9.17, 15) is 15.0 Å². The number of hydrogen-bond donors (Lipinski definition) is 2. The fourth-order valence-corrected chi connectivity index (χ4v) is 6.27. The van der Waals surface area contributed by atoms with E-state index in [1.165, 1.54) is 45.1 Å². The number of fused-ring (bicyclic) bond motifs is 1. The molecule has 6 nitrogen and oxygen atoms in total. The average molecular weight is 414 g/mol. The summed E-state index contributed by atoms with van der Waals surface area (Å²) in [5.74, 6) is 0.877. The molecule has 164 valence electrons. The van der Waals surface area contributed by atoms with E-state index in [4.69, 9.17) is 0 Å². The molecule has 1 unspecified atom stereocenters. The number of aromatic nitrogens is 2. The lowest BCUT2D eigenvalue weighted by molar-refractivity contribution is 0.107. The van der Waals surface area contributed by atoms with E-state index in [0.717, 1.165) is 42.9 Å². The van der Waals surface area contributed by atoms with Gasteiger partial charge in [-0.1, -0.05) is 25.0 Å². The summed E-state index contributed by atoms with van der Waals surface area (Å²) in [7, 11) is 0. The first kappa shape index (κ1) is 20.3. The highest BCUT2D eigenvalue weighted by atomic mass is 16.3. The first-order valence-corrected chi connectivity index (χ1v) is 11.8. The average Bonchev–Trinajstić information content (AvgIpc) is 3.49. The molecule has 5 rings (SSSR count). The summed E-state index contributed by atoms with van der Waals surface area (Å²) in [6.07, 6.45) is 10.5. The fraction of sp³-hybridized carbons (Fsp3) is 0.708. The Morgan fingerprint density at radius 1 is 0.967 bits per heavy atom. The Kier molecular flexibility index (Phi) is 5.50. The lowest BCUT2D eigenvalue weighted by Gasteiger charge is -2.39. The van der Waals surface area contributed by atoms with Crippen molar-refractivity contribution in [3.05, 3.63) is 34.7 Å². The number of nitrogens with zero attached hydrogens (tertiary/aromatic N) is 3. The molecule has 6 heteroatoms. The largest absolute Gasteiger partial charge is 0.394 e. The predicted octanol–water partition coefficient (Wildman–Crippen LogP) is 2.94. The van der Waals surface area contributed by atoms with E-state index in [1.807, 2.05) is 28.8 Å². The molecule has 1 aliphatic heterocycles. The standard InChI is InChI=1S/C24H35N3O3/c28-16-20(17-29)27-22-7-2-1-6-21(22)26(23(27)30)19-8-13-25(14-9-19)15-18-5-3-4-10-24(18)11-12-24/h1-2,6-7,18-20,28-29H,3-5,8-17H2. The van der Waals surface area contributed by atoms with E-state index >= 15 is 0 Å². The highest BCUT2D eigenvalue weighted by molar-refractivity contribution is 5.76. The van der Waals surface area contributed by atoms with Crippen molar-refractivity contribution in [1.82, 2.24) is 14.0 Å². The van der Waals surface area contributed by atoms with Crippen molar-refractivity contribution in [2.75, 3.05) is 32.8 Å². The maximum Gasteiger partial charge on any atom is 0.329 e. The molecule has 2 heterocycles. The zero-order valence-electron chi connectivity index (χ0n) is 17.9. The second-order valence-corrected chi connectivity index (χ2v) is 9.87. The molecule has 30 heavy (non-hydrogen) atoms. The maximum absolute atomic E-state index is 13.3. The van der Waals surface area contributed by atoms with Crippen LogP contribution in [0.4, 0.5) is 0 Å². The quantitative estimate of drug-likeness (QED) is 0.764. The summed E-state index contributed by atoms with van der Waals surface area (Å²) in [5.41, 5.74) is 2.29. The molecule has 3 aliphatic rings. The third-order valence-electron chi connectivity index (χ3n) is 8.24. The van der Waals surface area contributed by atoms with Crippen LogP contribution in [0.25, 0.3) is 11.0 Å². The van der Waals surface area contributed by atoms with Crippen molar-refractivity contribution in [3.63, 3.8) is 0 Å². The number of para-hydroxylation sites is 2. The summed E-state index contributed by atoms with van der Waals surface area (Å²) in [6, 6.07) is 7.37. The minimum atomic E-state index is -0.593. The Labute approximate surface area is 178 Å². The first-order chi connectivity index (χ1) is 14.7. The normalized spacial score (nSPS) is 24.8. The summed E-state index contributed by atoms with van der Waals surface area (Å²) in [4.78, 5) is 16.0. The van der Waals surface area contributed by atoms with E-state index in [2.05, 4.69) is 4.90 Å². The summed E-state index contributed by atoms with van der Waals surface area (Å²) in [6.45, 7) is 2.84. The summed E-state index contributed by atoms with van der Waals surface area (Å²) >= 11 is 0. The molecule has 2 aliphatic carbocycles. The van der Waals surface area contributed by atoms with Gasteiger partial charge in [0.1, 0.15) is 0 Å². The molecule has 0 bridgehead atoms. The van der Waals surface area contributed by atoms with Crippen LogP contribution in [0, 0.1) is 11.3 Å². The SMILES string of the molecule is O=c1n(C(CO)CO)c2ccccc2n1C1CCN(CC2CCCCC23CC3)CC1. The van der Waals surface area contributed by atoms with Gasteiger partial charge in [0.05, 0.1) is 30.3 Å². The van der Waals surface area contributed by atoms with Crippen LogP contribution in [-0.4, -0.2) is 57.1 Å². The smallest absolute Gasteiger partial charge is 0.329 e. The van der Waals surface area contributed by atoms with Gasteiger partial charge in [-0.05, 0) is 62.0 Å². The van der Waals surface area contributed by atoms with Crippen molar-refractivity contribution >= 4 is 11.0 Å². The van der Waals surface area contributed by atoms with Gasteiger partial charge in [0.2, 0.25) is 0 Å². The first-order valence-electron chi connectivity index (χ1n) is 11.8. The van der Waals surface area contributed by atoms with Gasteiger partial charge >= 0.3 is 5.69 Å². The molecular formula is C24H35N3O3. The Hall–Kier alpha value is -1.63. The Morgan fingerprint density at radius 2 is 1.67 bits per heavy atom. The lowest BCUT2D eigenvalue weighted by atomic mass is 9.76. The molecule has 2 N–H and O–H groups in total. The summed E-state index contributed by atoms with van der Waals surface area (Å²) in [5, 5.41) is 19.4. The molecule has 1 saturated heterocycles. The number of aliphatic hydroxyl groups is 2. The highest BCUT2D eigenvalue weighted by Crippen LogP contribution is 2.59. The molecule has 0 amide bonds. The van der Waals surface area contributed by atoms with Gasteiger partial charge in [-0.2, -0.15) is 0 Å². The Balaban J connectivity index is 1.34. The monoisotopic (exact) mass is 413 g/mol. The minimum Gasteiger partial charge on any atom is -0.394 e. The van der Waals surface area contributed by atoms with Gasteiger partial charge in [-0.15, -0.1) is 0 Å². The number of benzene rings is 1. The van der Waals surface area contributed by atoms with E-state index in [1.54, 1.807) is 4.57 Å². The number of hydrogen-bond acceptors (Lipinski definition) is 4. The fourth-order valence-electron chi connectivity index (χ4n) is 6.27. The molecule has 1 aromatic carbocycles. The van der Waals surface area contributed by atoms with Crippen LogP contribution in [0.3, 0.4) is 0 Å². The zero-order valence-corrected chi connectivity index (χ0v) is 17.9. The molecule has 2 aromatic rings. The predicted molar refractivity (Wildman–Crippen MR) is 118 cm³/mol. The maximum atomic E-state index is 13.3. The van der Waals surface area contributed by atoms with Crippen molar-refractivity contribution in [3.8, 4) is 0 Å². The van der Waals surface area contributed by atoms with E-state index < -0.39 is 6.04 Å². The van der Waals surface area contributed by atoms with Crippen molar-refractivity contribution in [2.45, 2.75) is 63.5 Å². The van der Waals surface area contributed by atoms with Crippen LogP contribution in [0.1, 0.15) is 63.5 Å². The van der Waals surface area contributed by atoms with Crippen LogP contribution in [0.15, 0.2) is 29.1 Å². The van der Waals surface area contributed by atoms with Gasteiger partial charge in [0.15, 0.2) is 0 Å². The molecule has 1 spiro atoms. The number of piperidine rings is 1. The zero-order chi connectivity index (χ0) is 20.7. The van der Waals surface area contributed by atoms with Gasteiger partial charge in [0, 0.05) is 25.7 Å². The third kappa shape index (κ3) is 3.43. The van der Waals surface area contributed by atoms with Crippen molar-refractivity contribution in [2.24, 2.45) is 11.3 Å². The van der Waals surface area contributed by atoms with Gasteiger partial charge in [-0.25, -0.2) is 4.79 Å². The second kappa shape index (κ2) is 8.13. The van der Waals surface area contributed by atoms with Crippen molar-refractivity contribution in [1.29, 1.82) is 0 Å².